The van der Waals surface area contributed by atoms with E-state index in [1.165, 1.54) is 0 Å². The van der Waals surface area contributed by atoms with Crippen LogP contribution in [0.3, 0.4) is 0 Å². The van der Waals surface area contributed by atoms with Gasteiger partial charge in [0.1, 0.15) is 5.25 Å². The first kappa shape index (κ1) is 9.44. The van der Waals surface area contributed by atoms with E-state index in [-0.39, 0.29) is 0 Å². The van der Waals surface area contributed by atoms with E-state index in [0.29, 0.717) is 13.0 Å². The molecule has 1 heterocycles. The lowest BCUT2D eigenvalue weighted by molar-refractivity contribution is 0.368. The van der Waals surface area contributed by atoms with E-state index in [1.54, 1.807) is 3.93 Å². The van der Waals surface area contributed by atoms with Gasteiger partial charge in [0.25, 0.3) is 10.1 Å². The lowest BCUT2D eigenvalue weighted by Crippen LogP contribution is -2.36. The van der Waals surface area contributed by atoms with Crippen LogP contribution in [-0.4, -0.2) is 35.2 Å². The Morgan fingerprint density at radius 1 is 1.55 bits per heavy atom. The zero-order valence-electron chi connectivity index (χ0n) is 5.90. The maximum Gasteiger partial charge on any atom is 0.269 e. The molecule has 66 valence electrons. The Labute approximate surface area is 74.7 Å². The Morgan fingerprint density at radius 3 is 2.55 bits per heavy atom. The van der Waals surface area contributed by atoms with Crippen LogP contribution in [0.15, 0.2) is 0 Å². The first-order valence-electron chi connectivity index (χ1n) is 3.37. The van der Waals surface area contributed by atoms with Gasteiger partial charge >= 0.3 is 0 Å². The fourth-order valence-electron chi connectivity index (χ4n) is 1.14. The van der Waals surface area contributed by atoms with E-state index >= 15 is 0 Å². The van der Waals surface area contributed by atoms with Gasteiger partial charge in [-0.2, -0.15) is 8.42 Å². The summed E-state index contributed by atoms with van der Waals surface area (Å²) in [6.45, 7) is 1.21. The fraction of sp³-hybridized carbons (Fsp3) is 1.00. The third kappa shape index (κ3) is 2.70. The topological polar surface area (TPSA) is 57.6 Å². The summed E-state index contributed by atoms with van der Waals surface area (Å²) in [4.78, 5) is 0. The summed E-state index contributed by atoms with van der Waals surface area (Å²) >= 11 is 3.18. The highest BCUT2D eigenvalue weighted by Gasteiger charge is 2.27. The molecule has 1 aliphatic heterocycles. The number of hydrogen-bond donors (Lipinski definition) is 1. The molecule has 1 unspecified atom stereocenters. The van der Waals surface area contributed by atoms with Crippen molar-refractivity contribution >= 4 is 26.3 Å². The van der Waals surface area contributed by atoms with Crippen LogP contribution in [0.2, 0.25) is 0 Å². The number of halogens is 1. The zero-order chi connectivity index (χ0) is 8.48. The summed E-state index contributed by atoms with van der Waals surface area (Å²) < 4.78 is 31.7. The number of hydrogen-bond acceptors (Lipinski definition) is 3. The smallest absolute Gasteiger partial charge is 0.269 e. The molecule has 0 bridgehead atoms. The number of rotatable bonds is 1. The van der Waals surface area contributed by atoms with Gasteiger partial charge in [0.2, 0.25) is 0 Å². The van der Waals surface area contributed by atoms with E-state index in [2.05, 4.69) is 16.1 Å². The molecule has 4 nitrogen and oxygen atoms in total. The van der Waals surface area contributed by atoms with Gasteiger partial charge in [0.05, 0.1) is 0 Å². The molecule has 1 rings (SSSR count). The van der Waals surface area contributed by atoms with Crippen molar-refractivity contribution in [2.24, 2.45) is 0 Å². The Bertz CT molecular complexity index is 228. The van der Waals surface area contributed by atoms with Gasteiger partial charge in [-0.1, -0.05) is 0 Å². The van der Waals surface area contributed by atoms with Gasteiger partial charge in [-0.3, -0.25) is 4.55 Å². The second-order valence-corrected chi connectivity index (χ2v) is 5.35. The van der Waals surface area contributed by atoms with E-state index in [9.17, 15) is 8.42 Å². The third-order valence-corrected chi connectivity index (χ3v) is 3.62. The van der Waals surface area contributed by atoms with Crippen LogP contribution < -0.4 is 0 Å². The van der Waals surface area contributed by atoms with Crippen molar-refractivity contribution < 1.29 is 13.0 Å². The van der Waals surface area contributed by atoms with E-state index in [1.807, 2.05) is 0 Å². The SMILES string of the molecule is O=S(=O)(O)C1CCCN(Br)C1. The van der Waals surface area contributed by atoms with Crippen LogP contribution in [0, 0.1) is 0 Å². The molecule has 0 aromatic carbocycles. The molecule has 0 radical (unpaired) electrons. The molecule has 1 fully saturated rings. The molecule has 0 aromatic rings. The molecule has 0 spiro atoms. The lowest BCUT2D eigenvalue weighted by atomic mass is 10.2. The average molecular weight is 244 g/mol. The van der Waals surface area contributed by atoms with Gasteiger partial charge in [0, 0.05) is 29.2 Å². The second kappa shape index (κ2) is 3.38. The van der Waals surface area contributed by atoms with Crippen molar-refractivity contribution in [3.63, 3.8) is 0 Å². The highest BCUT2D eigenvalue weighted by Crippen LogP contribution is 2.18. The first-order chi connectivity index (χ1) is 5.00. The van der Waals surface area contributed by atoms with Crippen LogP contribution in [0.1, 0.15) is 12.8 Å². The Morgan fingerprint density at radius 2 is 2.18 bits per heavy atom. The third-order valence-electron chi connectivity index (χ3n) is 1.75. The van der Waals surface area contributed by atoms with E-state index in [4.69, 9.17) is 4.55 Å². The van der Waals surface area contributed by atoms with E-state index < -0.39 is 15.4 Å². The molecule has 1 N–H and O–H groups in total. The fourth-order valence-corrected chi connectivity index (χ4v) is 2.76. The first-order valence-corrected chi connectivity index (χ1v) is 5.58. The van der Waals surface area contributed by atoms with Crippen LogP contribution in [0.25, 0.3) is 0 Å². The molecule has 1 saturated heterocycles. The van der Waals surface area contributed by atoms with Crippen LogP contribution >= 0.6 is 16.1 Å². The van der Waals surface area contributed by atoms with Gasteiger partial charge in [-0.15, -0.1) is 0 Å². The Balaban J connectivity index is 2.60. The molecule has 0 amide bonds. The normalized spacial score (nSPS) is 28.7. The molecule has 1 atom stereocenters. The number of nitrogens with zero attached hydrogens (tertiary/aromatic N) is 1. The van der Waals surface area contributed by atoms with Crippen molar-refractivity contribution in [3.8, 4) is 0 Å². The highest BCUT2D eigenvalue weighted by atomic mass is 79.9. The second-order valence-electron chi connectivity index (χ2n) is 2.65. The summed E-state index contributed by atoms with van der Waals surface area (Å²) in [5.74, 6) is 0. The van der Waals surface area contributed by atoms with Crippen molar-refractivity contribution in [1.82, 2.24) is 3.93 Å². The summed E-state index contributed by atoms with van der Waals surface area (Å²) in [5, 5.41) is -0.615. The van der Waals surface area contributed by atoms with Crippen LogP contribution in [0.4, 0.5) is 0 Å². The molecule has 11 heavy (non-hydrogen) atoms. The minimum Gasteiger partial charge on any atom is -0.285 e. The standard InChI is InChI=1S/C5H10BrNO3S/c6-7-3-1-2-5(4-7)11(8,9)10/h5H,1-4H2,(H,8,9,10). The van der Waals surface area contributed by atoms with Gasteiger partial charge in [0.15, 0.2) is 0 Å². The Hall–Kier alpha value is 0.350. The quantitative estimate of drug-likeness (QED) is 0.543. The van der Waals surface area contributed by atoms with Gasteiger partial charge in [-0.25, -0.2) is 3.93 Å². The minimum absolute atomic E-state index is 0.374. The van der Waals surface area contributed by atoms with Crippen LogP contribution in [-0.2, 0) is 10.1 Å². The minimum atomic E-state index is -3.83. The monoisotopic (exact) mass is 243 g/mol. The molecular formula is C5H10BrNO3S. The molecule has 0 aliphatic carbocycles. The van der Waals surface area contributed by atoms with Crippen molar-refractivity contribution in [2.75, 3.05) is 13.1 Å². The predicted octanol–water partition coefficient (Wildman–Crippen LogP) is 0.649. The van der Waals surface area contributed by atoms with E-state index in [0.717, 1.165) is 13.0 Å². The maximum atomic E-state index is 10.6. The average Bonchev–Trinajstić information content (AvgIpc) is 1.86. The van der Waals surface area contributed by atoms with Crippen LogP contribution in [0.5, 0.6) is 0 Å². The largest absolute Gasteiger partial charge is 0.285 e. The summed E-state index contributed by atoms with van der Waals surface area (Å²) in [7, 11) is -3.83. The summed E-state index contributed by atoms with van der Waals surface area (Å²) in [6, 6.07) is 0. The number of piperidine rings is 1. The van der Waals surface area contributed by atoms with Crippen molar-refractivity contribution in [3.05, 3.63) is 0 Å². The molecule has 0 saturated carbocycles. The predicted molar refractivity (Wildman–Crippen MR) is 45.1 cm³/mol. The molecule has 1 aliphatic rings. The van der Waals surface area contributed by atoms with Gasteiger partial charge in [-0.05, 0) is 12.8 Å². The molecule has 0 aromatic heterocycles. The summed E-state index contributed by atoms with van der Waals surface area (Å²) in [6.07, 6.45) is 1.36. The Kier molecular flexibility index (Phi) is 2.90. The summed E-state index contributed by atoms with van der Waals surface area (Å²) in [5.41, 5.74) is 0. The van der Waals surface area contributed by atoms with Crippen molar-refractivity contribution in [2.45, 2.75) is 18.1 Å². The maximum absolute atomic E-state index is 10.6. The molecule has 6 heteroatoms. The van der Waals surface area contributed by atoms with Crippen molar-refractivity contribution in [1.29, 1.82) is 0 Å². The highest BCUT2D eigenvalue weighted by molar-refractivity contribution is 9.07. The lowest BCUT2D eigenvalue weighted by Gasteiger charge is -2.25. The zero-order valence-corrected chi connectivity index (χ0v) is 8.31. The molecular weight excluding hydrogens is 234 g/mol. The van der Waals surface area contributed by atoms with Gasteiger partial charge < -0.3 is 0 Å².